The molecule has 19 heavy (non-hydrogen) atoms. The van der Waals surface area contributed by atoms with Gasteiger partial charge in [-0.05, 0) is 24.3 Å². The SMILES string of the molecule is NC(=S)c1cccc(NC(=O)Oc2ccccc2)c1. The lowest BCUT2D eigenvalue weighted by molar-refractivity contribution is 0.215. The second kappa shape index (κ2) is 5.97. The average Bonchev–Trinajstić information content (AvgIpc) is 2.40. The molecule has 2 rings (SSSR count). The van der Waals surface area contributed by atoms with Crippen LogP contribution in [0.15, 0.2) is 54.6 Å². The van der Waals surface area contributed by atoms with E-state index in [0.717, 1.165) is 0 Å². The number of rotatable bonds is 3. The molecule has 1 amide bonds. The lowest BCUT2D eigenvalue weighted by atomic mass is 10.2. The first kappa shape index (κ1) is 13.0. The molecule has 0 aromatic heterocycles. The molecule has 2 aromatic carbocycles. The van der Waals surface area contributed by atoms with E-state index in [4.69, 9.17) is 22.7 Å². The second-order valence-corrected chi connectivity index (χ2v) is 4.21. The minimum absolute atomic E-state index is 0.278. The van der Waals surface area contributed by atoms with Crippen LogP contribution in [0.1, 0.15) is 5.56 Å². The number of carbonyl (C=O) groups excluding carboxylic acids is 1. The lowest BCUT2D eigenvalue weighted by Gasteiger charge is -2.07. The van der Waals surface area contributed by atoms with E-state index in [1.165, 1.54) is 0 Å². The van der Waals surface area contributed by atoms with Gasteiger partial charge >= 0.3 is 6.09 Å². The summed E-state index contributed by atoms with van der Waals surface area (Å²) in [6.07, 6.45) is -0.564. The average molecular weight is 272 g/mol. The summed E-state index contributed by atoms with van der Waals surface area (Å²) in [4.78, 5) is 11.9. The highest BCUT2D eigenvalue weighted by Gasteiger charge is 2.05. The highest BCUT2D eigenvalue weighted by molar-refractivity contribution is 7.80. The van der Waals surface area contributed by atoms with Crippen LogP contribution in [0, 0.1) is 0 Å². The second-order valence-electron chi connectivity index (χ2n) is 3.77. The minimum Gasteiger partial charge on any atom is -0.410 e. The Labute approximate surface area is 116 Å². The van der Waals surface area contributed by atoms with E-state index >= 15 is 0 Å². The first-order valence-electron chi connectivity index (χ1n) is 5.59. The summed E-state index contributed by atoms with van der Waals surface area (Å²) in [6.45, 7) is 0. The number of thiocarbonyl (C=S) groups is 1. The summed E-state index contributed by atoms with van der Waals surface area (Å²) in [5.41, 5.74) is 6.79. The van der Waals surface area contributed by atoms with E-state index in [1.807, 2.05) is 6.07 Å². The zero-order chi connectivity index (χ0) is 13.7. The maximum atomic E-state index is 11.7. The van der Waals surface area contributed by atoms with Gasteiger partial charge in [0.25, 0.3) is 0 Å². The zero-order valence-electron chi connectivity index (χ0n) is 10.00. The van der Waals surface area contributed by atoms with Crippen molar-refractivity contribution in [3.8, 4) is 5.75 Å². The van der Waals surface area contributed by atoms with E-state index < -0.39 is 6.09 Å². The van der Waals surface area contributed by atoms with Crippen LogP contribution in [0.2, 0.25) is 0 Å². The molecule has 5 heteroatoms. The Morgan fingerprint density at radius 3 is 2.53 bits per heavy atom. The maximum absolute atomic E-state index is 11.7. The Morgan fingerprint density at radius 2 is 1.84 bits per heavy atom. The van der Waals surface area contributed by atoms with Crippen LogP contribution < -0.4 is 15.8 Å². The van der Waals surface area contributed by atoms with E-state index in [2.05, 4.69) is 5.32 Å². The monoisotopic (exact) mass is 272 g/mol. The molecule has 2 aromatic rings. The Bertz CT molecular complexity index is 599. The summed E-state index contributed by atoms with van der Waals surface area (Å²) in [5.74, 6) is 0.477. The van der Waals surface area contributed by atoms with E-state index in [1.54, 1.807) is 48.5 Å². The number of anilines is 1. The fourth-order valence-corrected chi connectivity index (χ4v) is 1.62. The number of benzene rings is 2. The molecule has 0 aliphatic carbocycles. The van der Waals surface area contributed by atoms with Crippen molar-refractivity contribution >= 4 is 29.0 Å². The van der Waals surface area contributed by atoms with Crippen molar-refractivity contribution in [3.63, 3.8) is 0 Å². The van der Waals surface area contributed by atoms with Crippen LogP contribution in [0.5, 0.6) is 5.75 Å². The molecule has 0 bridgehead atoms. The zero-order valence-corrected chi connectivity index (χ0v) is 10.8. The van der Waals surface area contributed by atoms with Gasteiger partial charge in [0, 0.05) is 11.3 Å². The van der Waals surface area contributed by atoms with Crippen LogP contribution in [0.25, 0.3) is 0 Å². The van der Waals surface area contributed by atoms with Gasteiger partial charge < -0.3 is 10.5 Å². The number of hydrogen-bond acceptors (Lipinski definition) is 3. The molecule has 3 N–H and O–H groups in total. The summed E-state index contributed by atoms with van der Waals surface area (Å²) in [6, 6.07) is 15.8. The number of ether oxygens (including phenoxy) is 1. The maximum Gasteiger partial charge on any atom is 0.417 e. The molecule has 96 valence electrons. The van der Waals surface area contributed by atoms with E-state index in [9.17, 15) is 4.79 Å². The largest absolute Gasteiger partial charge is 0.417 e. The smallest absolute Gasteiger partial charge is 0.410 e. The summed E-state index contributed by atoms with van der Waals surface area (Å²) in [7, 11) is 0. The van der Waals surface area contributed by atoms with Crippen molar-refractivity contribution in [2.45, 2.75) is 0 Å². The van der Waals surface area contributed by atoms with Gasteiger partial charge in [0.1, 0.15) is 10.7 Å². The van der Waals surface area contributed by atoms with E-state index in [0.29, 0.717) is 17.0 Å². The molecule has 0 spiro atoms. The standard InChI is InChI=1S/C14H12N2O2S/c15-13(19)10-5-4-6-11(9-10)16-14(17)18-12-7-2-1-3-8-12/h1-9H,(H2,15,19)(H,16,17). The molecule has 0 aliphatic rings. The third-order valence-corrected chi connectivity index (χ3v) is 2.58. The summed E-state index contributed by atoms with van der Waals surface area (Å²) < 4.78 is 5.10. The molecular weight excluding hydrogens is 260 g/mol. The quantitative estimate of drug-likeness (QED) is 0.843. The Kier molecular flexibility index (Phi) is 4.10. The predicted octanol–water partition coefficient (Wildman–Crippen LogP) is 2.93. The molecule has 0 aliphatic heterocycles. The van der Waals surface area contributed by atoms with E-state index in [-0.39, 0.29) is 4.99 Å². The third-order valence-electron chi connectivity index (χ3n) is 2.35. The fraction of sp³-hybridized carbons (Fsp3) is 0. The predicted molar refractivity (Wildman–Crippen MR) is 78.4 cm³/mol. The molecule has 0 unspecified atom stereocenters. The van der Waals surface area contributed by atoms with Gasteiger partial charge in [0.05, 0.1) is 0 Å². The Morgan fingerprint density at radius 1 is 1.11 bits per heavy atom. The normalized spacial score (nSPS) is 9.68. The van der Waals surface area contributed by atoms with Gasteiger partial charge in [-0.2, -0.15) is 0 Å². The van der Waals surface area contributed by atoms with Gasteiger partial charge in [0.15, 0.2) is 0 Å². The molecule has 4 nitrogen and oxygen atoms in total. The number of para-hydroxylation sites is 1. The first-order valence-corrected chi connectivity index (χ1v) is 6.00. The fourth-order valence-electron chi connectivity index (χ4n) is 1.49. The Balaban J connectivity index is 2.03. The van der Waals surface area contributed by atoms with Crippen molar-refractivity contribution in [2.75, 3.05) is 5.32 Å². The van der Waals surface area contributed by atoms with Crippen LogP contribution in [0.4, 0.5) is 10.5 Å². The topological polar surface area (TPSA) is 64.3 Å². The highest BCUT2D eigenvalue weighted by Crippen LogP contribution is 2.13. The molecule has 0 atom stereocenters. The molecule has 0 radical (unpaired) electrons. The van der Waals surface area contributed by atoms with Gasteiger partial charge in [0.2, 0.25) is 0 Å². The van der Waals surface area contributed by atoms with Crippen molar-refractivity contribution < 1.29 is 9.53 Å². The van der Waals surface area contributed by atoms with Gasteiger partial charge in [-0.25, -0.2) is 4.79 Å². The number of hydrogen-bond donors (Lipinski definition) is 2. The molecule has 0 heterocycles. The number of nitrogens with two attached hydrogens (primary N) is 1. The van der Waals surface area contributed by atoms with Crippen LogP contribution in [0.3, 0.4) is 0 Å². The van der Waals surface area contributed by atoms with Gasteiger partial charge in [-0.1, -0.05) is 42.5 Å². The molecule has 0 fully saturated rings. The number of nitrogens with one attached hydrogen (secondary N) is 1. The van der Waals surface area contributed by atoms with Gasteiger partial charge in [-0.3, -0.25) is 5.32 Å². The summed E-state index contributed by atoms with van der Waals surface area (Å²) >= 11 is 4.87. The van der Waals surface area contributed by atoms with Crippen LogP contribution in [-0.2, 0) is 0 Å². The van der Waals surface area contributed by atoms with Crippen LogP contribution in [-0.4, -0.2) is 11.1 Å². The highest BCUT2D eigenvalue weighted by atomic mass is 32.1. The van der Waals surface area contributed by atoms with Crippen molar-refractivity contribution in [1.29, 1.82) is 0 Å². The first-order chi connectivity index (χ1) is 9.15. The van der Waals surface area contributed by atoms with Gasteiger partial charge in [-0.15, -0.1) is 0 Å². The van der Waals surface area contributed by atoms with Crippen LogP contribution >= 0.6 is 12.2 Å². The molecule has 0 saturated carbocycles. The van der Waals surface area contributed by atoms with Crippen molar-refractivity contribution in [2.24, 2.45) is 5.73 Å². The van der Waals surface area contributed by atoms with Crippen molar-refractivity contribution in [1.82, 2.24) is 0 Å². The minimum atomic E-state index is -0.564. The molecular formula is C14H12N2O2S. The summed E-state index contributed by atoms with van der Waals surface area (Å²) in [5, 5.41) is 2.61. The molecule has 0 saturated heterocycles. The number of amides is 1. The van der Waals surface area contributed by atoms with Crippen molar-refractivity contribution in [3.05, 3.63) is 60.2 Å². The Hall–Kier alpha value is -2.40. The lowest BCUT2D eigenvalue weighted by Crippen LogP contribution is -2.17. The number of carbonyl (C=O) groups is 1. The third kappa shape index (κ3) is 3.79.